The van der Waals surface area contributed by atoms with E-state index in [-0.39, 0.29) is 4.83 Å². The van der Waals surface area contributed by atoms with Gasteiger partial charge in [0, 0.05) is 6.42 Å². The van der Waals surface area contributed by atoms with E-state index < -0.39 is 0 Å². The van der Waals surface area contributed by atoms with Gasteiger partial charge in [0.25, 0.3) is 0 Å². The molecule has 7 heavy (non-hydrogen) atoms. The van der Waals surface area contributed by atoms with Crippen molar-refractivity contribution in [1.82, 2.24) is 0 Å². The summed E-state index contributed by atoms with van der Waals surface area (Å²) in [6, 6.07) is 0. The van der Waals surface area contributed by atoms with Gasteiger partial charge in [-0.25, -0.2) is 0 Å². The Kier molecular flexibility index (Phi) is 1.20. The SMILES string of the molecule is CC1CC(=O)C1Br. The zero-order chi connectivity index (χ0) is 5.44. The van der Waals surface area contributed by atoms with Crippen molar-refractivity contribution in [3.63, 3.8) is 0 Å². The fourth-order valence-corrected chi connectivity index (χ4v) is 1.06. The highest BCUT2D eigenvalue weighted by atomic mass is 79.9. The zero-order valence-electron chi connectivity index (χ0n) is 4.15. The van der Waals surface area contributed by atoms with E-state index in [1.165, 1.54) is 0 Å². The van der Waals surface area contributed by atoms with Crippen molar-refractivity contribution in [2.45, 2.75) is 18.2 Å². The van der Waals surface area contributed by atoms with Gasteiger partial charge in [0.1, 0.15) is 5.78 Å². The van der Waals surface area contributed by atoms with Gasteiger partial charge in [0.15, 0.2) is 0 Å². The monoisotopic (exact) mass is 162 g/mol. The van der Waals surface area contributed by atoms with E-state index in [0.29, 0.717) is 11.7 Å². The summed E-state index contributed by atoms with van der Waals surface area (Å²) in [6.45, 7) is 2.07. The van der Waals surface area contributed by atoms with Gasteiger partial charge in [0.05, 0.1) is 4.83 Å². The first kappa shape index (κ1) is 5.29. The molecule has 0 aliphatic heterocycles. The second kappa shape index (κ2) is 1.58. The van der Waals surface area contributed by atoms with Crippen LogP contribution in [0.4, 0.5) is 0 Å². The minimum Gasteiger partial charge on any atom is -0.298 e. The molecule has 0 aromatic heterocycles. The van der Waals surface area contributed by atoms with Crippen LogP contribution in [0.2, 0.25) is 0 Å². The quantitative estimate of drug-likeness (QED) is 0.492. The molecule has 0 saturated heterocycles. The Labute approximate surface area is 51.2 Å². The molecule has 1 rings (SSSR count). The highest BCUT2D eigenvalue weighted by molar-refractivity contribution is 9.10. The van der Waals surface area contributed by atoms with Gasteiger partial charge < -0.3 is 0 Å². The molecule has 0 aromatic rings. The van der Waals surface area contributed by atoms with Crippen molar-refractivity contribution in [1.29, 1.82) is 0 Å². The minimum atomic E-state index is 0.174. The summed E-state index contributed by atoms with van der Waals surface area (Å²) in [7, 11) is 0. The molecule has 1 saturated carbocycles. The number of halogens is 1. The second-order valence-electron chi connectivity index (χ2n) is 2.05. The van der Waals surface area contributed by atoms with E-state index in [1.807, 2.05) is 0 Å². The third-order valence-electron chi connectivity index (χ3n) is 1.33. The maximum Gasteiger partial charge on any atom is 0.147 e. The number of carbonyl (C=O) groups excluding carboxylic acids is 1. The van der Waals surface area contributed by atoms with Gasteiger partial charge in [-0.1, -0.05) is 22.9 Å². The third-order valence-corrected chi connectivity index (χ3v) is 2.74. The standard InChI is InChI=1S/C5H7BrO/c1-3-2-4(7)5(3)6/h3,5H,2H2,1H3. The van der Waals surface area contributed by atoms with Crippen LogP contribution >= 0.6 is 15.9 Å². The van der Waals surface area contributed by atoms with Crippen molar-refractivity contribution >= 4 is 21.7 Å². The predicted octanol–water partition coefficient (Wildman–Crippen LogP) is 1.36. The van der Waals surface area contributed by atoms with Crippen molar-refractivity contribution < 1.29 is 4.79 Å². The minimum absolute atomic E-state index is 0.174. The summed E-state index contributed by atoms with van der Waals surface area (Å²) in [4.78, 5) is 10.6. The largest absolute Gasteiger partial charge is 0.298 e. The van der Waals surface area contributed by atoms with E-state index in [9.17, 15) is 4.79 Å². The fraction of sp³-hybridized carbons (Fsp3) is 0.800. The van der Waals surface area contributed by atoms with Gasteiger partial charge in [-0.15, -0.1) is 0 Å². The highest BCUT2D eigenvalue weighted by Gasteiger charge is 2.33. The Morgan fingerprint density at radius 1 is 1.86 bits per heavy atom. The molecule has 0 N–H and O–H groups in total. The summed E-state index contributed by atoms with van der Waals surface area (Å²) in [6.07, 6.45) is 0.774. The van der Waals surface area contributed by atoms with Crippen LogP contribution in [-0.4, -0.2) is 10.6 Å². The van der Waals surface area contributed by atoms with Gasteiger partial charge in [0.2, 0.25) is 0 Å². The molecule has 1 nitrogen and oxygen atoms in total. The average Bonchev–Trinajstić information content (AvgIpc) is 1.68. The van der Waals surface area contributed by atoms with Crippen LogP contribution in [0.5, 0.6) is 0 Å². The molecule has 40 valence electrons. The molecule has 2 atom stereocenters. The van der Waals surface area contributed by atoms with Crippen molar-refractivity contribution in [3.05, 3.63) is 0 Å². The summed E-state index contributed by atoms with van der Waals surface area (Å²) in [5.74, 6) is 0.931. The summed E-state index contributed by atoms with van der Waals surface area (Å²) in [5.41, 5.74) is 0. The van der Waals surface area contributed by atoms with Crippen LogP contribution in [0.1, 0.15) is 13.3 Å². The Bertz CT molecular complexity index is 100. The lowest BCUT2D eigenvalue weighted by atomic mass is 9.86. The van der Waals surface area contributed by atoms with Gasteiger partial charge in [-0.3, -0.25) is 4.79 Å². The molecule has 0 radical (unpaired) electrons. The second-order valence-corrected chi connectivity index (χ2v) is 3.04. The first-order valence-corrected chi connectivity index (χ1v) is 3.30. The first-order chi connectivity index (χ1) is 3.22. The molecule has 0 amide bonds. The van der Waals surface area contributed by atoms with E-state index in [0.717, 1.165) is 6.42 Å². The van der Waals surface area contributed by atoms with Crippen molar-refractivity contribution in [2.75, 3.05) is 0 Å². The number of ketones is 1. The Morgan fingerprint density at radius 3 is 2.43 bits per heavy atom. The highest BCUT2D eigenvalue weighted by Crippen LogP contribution is 2.29. The Balaban J connectivity index is 2.43. The van der Waals surface area contributed by atoms with Gasteiger partial charge in [-0.2, -0.15) is 0 Å². The first-order valence-electron chi connectivity index (χ1n) is 2.38. The normalized spacial score (nSPS) is 40.6. The Morgan fingerprint density at radius 2 is 2.43 bits per heavy atom. The Hall–Kier alpha value is 0.150. The predicted molar refractivity (Wildman–Crippen MR) is 31.5 cm³/mol. The number of alkyl halides is 1. The molecule has 0 bridgehead atoms. The molecular weight excluding hydrogens is 156 g/mol. The molecule has 2 unspecified atom stereocenters. The van der Waals surface area contributed by atoms with Crippen LogP contribution in [-0.2, 0) is 4.79 Å². The molecule has 2 heteroatoms. The van der Waals surface area contributed by atoms with Gasteiger partial charge >= 0.3 is 0 Å². The lowest BCUT2D eigenvalue weighted by molar-refractivity contribution is -0.125. The number of hydrogen-bond acceptors (Lipinski definition) is 1. The van der Waals surface area contributed by atoms with E-state index in [2.05, 4.69) is 22.9 Å². The van der Waals surface area contributed by atoms with Crippen molar-refractivity contribution in [2.24, 2.45) is 5.92 Å². The molecule has 1 aliphatic rings. The van der Waals surface area contributed by atoms with Crippen LogP contribution in [0.25, 0.3) is 0 Å². The maximum absolute atomic E-state index is 10.4. The fourth-order valence-electron chi connectivity index (χ4n) is 0.690. The van der Waals surface area contributed by atoms with E-state index >= 15 is 0 Å². The number of rotatable bonds is 0. The molecular formula is C5H7BrO. The third kappa shape index (κ3) is 0.717. The zero-order valence-corrected chi connectivity index (χ0v) is 5.73. The number of Topliss-reactive ketones (excluding diaryl/α,β-unsaturated/α-hetero) is 1. The lowest BCUT2D eigenvalue weighted by Gasteiger charge is -2.26. The molecule has 1 aliphatic carbocycles. The molecule has 0 aromatic carbocycles. The topological polar surface area (TPSA) is 17.1 Å². The van der Waals surface area contributed by atoms with Gasteiger partial charge in [-0.05, 0) is 5.92 Å². The average molecular weight is 163 g/mol. The van der Waals surface area contributed by atoms with Crippen LogP contribution in [0.3, 0.4) is 0 Å². The van der Waals surface area contributed by atoms with E-state index in [1.54, 1.807) is 0 Å². The van der Waals surface area contributed by atoms with Crippen molar-refractivity contribution in [3.8, 4) is 0 Å². The van der Waals surface area contributed by atoms with Crippen LogP contribution in [0, 0.1) is 5.92 Å². The van der Waals surface area contributed by atoms with Crippen LogP contribution in [0.15, 0.2) is 0 Å². The number of carbonyl (C=O) groups is 1. The smallest absolute Gasteiger partial charge is 0.147 e. The molecule has 1 fully saturated rings. The maximum atomic E-state index is 10.4. The summed E-state index contributed by atoms with van der Waals surface area (Å²) >= 11 is 3.24. The van der Waals surface area contributed by atoms with Crippen LogP contribution < -0.4 is 0 Å². The summed E-state index contributed by atoms with van der Waals surface area (Å²) < 4.78 is 0. The molecule has 0 spiro atoms. The lowest BCUT2D eigenvalue weighted by Crippen LogP contribution is -2.35. The summed E-state index contributed by atoms with van der Waals surface area (Å²) in [5, 5.41) is 0. The molecule has 0 heterocycles. The van der Waals surface area contributed by atoms with E-state index in [4.69, 9.17) is 0 Å². The number of hydrogen-bond donors (Lipinski definition) is 0.